The van der Waals surface area contributed by atoms with Gasteiger partial charge in [0.1, 0.15) is 5.76 Å². The summed E-state index contributed by atoms with van der Waals surface area (Å²) in [6, 6.07) is 7.74. The lowest BCUT2D eigenvalue weighted by molar-refractivity contribution is -0.125. The standard InChI is InChI=1S/C15H13Cl2NO4/c1-9(12-6-3-7-21-12)18-13(19)8-22-15(20)10-4-2-5-11(16)14(10)17/h2-7,9H,8H2,1H3,(H,18,19)/t9-/m1/s1. The Morgan fingerprint density at radius 1 is 1.27 bits per heavy atom. The maximum absolute atomic E-state index is 11.9. The van der Waals surface area contributed by atoms with Crippen LogP contribution in [-0.4, -0.2) is 18.5 Å². The lowest BCUT2D eigenvalue weighted by atomic mass is 10.2. The van der Waals surface area contributed by atoms with Gasteiger partial charge in [-0.1, -0.05) is 29.3 Å². The van der Waals surface area contributed by atoms with E-state index >= 15 is 0 Å². The van der Waals surface area contributed by atoms with Crippen LogP contribution in [0.4, 0.5) is 0 Å². The molecule has 1 atom stereocenters. The van der Waals surface area contributed by atoms with Crippen LogP contribution in [0.3, 0.4) is 0 Å². The summed E-state index contributed by atoms with van der Waals surface area (Å²) in [5.74, 6) is -0.554. The first kappa shape index (κ1) is 16.4. The monoisotopic (exact) mass is 341 g/mol. The largest absolute Gasteiger partial charge is 0.467 e. The van der Waals surface area contributed by atoms with Gasteiger partial charge in [-0.05, 0) is 31.2 Å². The third-order valence-electron chi connectivity index (χ3n) is 2.85. The summed E-state index contributed by atoms with van der Waals surface area (Å²) in [6.45, 7) is 1.33. The first-order valence-corrected chi connectivity index (χ1v) is 7.18. The summed E-state index contributed by atoms with van der Waals surface area (Å²) in [4.78, 5) is 23.6. The minimum Gasteiger partial charge on any atom is -0.467 e. The summed E-state index contributed by atoms with van der Waals surface area (Å²) in [7, 11) is 0. The highest BCUT2D eigenvalue weighted by molar-refractivity contribution is 6.43. The third kappa shape index (κ3) is 4.02. The highest BCUT2D eigenvalue weighted by Gasteiger charge is 2.17. The summed E-state index contributed by atoms with van der Waals surface area (Å²) in [6.07, 6.45) is 1.51. The van der Waals surface area contributed by atoms with Crippen LogP contribution >= 0.6 is 23.2 Å². The molecule has 22 heavy (non-hydrogen) atoms. The molecule has 0 spiro atoms. The topological polar surface area (TPSA) is 68.5 Å². The lowest BCUT2D eigenvalue weighted by Crippen LogP contribution is -2.31. The number of halogens is 2. The molecule has 0 radical (unpaired) electrons. The molecule has 5 nitrogen and oxygen atoms in total. The Hall–Kier alpha value is -1.98. The first-order chi connectivity index (χ1) is 10.5. The van der Waals surface area contributed by atoms with Crippen molar-refractivity contribution in [1.29, 1.82) is 0 Å². The van der Waals surface area contributed by atoms with E-state index in [2.05, 4.69) is 5.32 Å². The third-order valence-corrected chi connectivity index (χ3v) is 3.67. The maximum atomic E-state index is 11.9. The van der Waals surface area contributed by atoms with Crippen LogP contribution in [0.15, 0.2) is 41.0 Å². The quantitative estimate of drug-likeness (QED) is 0.843. The van der Waals surface area contributed by atoms with Crippen molar-refractivity contribution in [3.8, 4) is 0 Å². The number of hydrogen-bond donors (Lipinski definition) is 1. The van der Waals surface area contributed by atoms with Crippen molar-refractivity contribution >= 4 is 35.1 Å². The van der Waals surface area contributed by atoms with Crippen molar-refractivity contribution in [2.45, 2.75) is 13.0 Å². The number of nitrogens with one attached hydrogen (secondary N) is 1. The van der Waals surface area contributed by atoms with Crippen LogP contribution in [0.1, 0.15) is 29.1 Å². The summed E-state index contributed by atoms with van der Waals surface area (Å²) < 4.78 is 10.1. The molecule has 0 aliphatic carbocycles. The molecule has 0 saturated carbocycles. The molecule has 7 heteroatoms. The predicted octanol–water partition coefficient (Wildman–Crippen LogP) is 3.62. The van der Waals surface area contributed by atoms with E-state index in [9.17, 15) is 9.59 Å². The highest BCUT2D eigenvalue weighted by Crippen LogP contribution is 2.25. The van der Waals surface area contributed by atoms with Crippen LogP contribution in [-0.2, 0) is 9.53 Å². The highest BCUT2D eigenvalue weighted by atomic mass is 35.5. The SMILES string of the molecule is C[C@@H](NC(=O)COC(=O)c1cccc(Cl)c1Cl)c1ccco1. The van der Waals surface area contributed by atoms with Gasteiger partial charge in [0.2, 0.25) is 0 Å². The molecule has 0 fully saturated rings. The molecule has 0 unspecified atom stereocenters. The van der Waals surface area contributed by atoms with E-state index in [0.717, 1.165) is 0 Å². The molecule has 2 rings (SSSR count). The Morgan fingerprint density at radius 2 is 2.05 bits per heavy atom. The number of carbonyl (C=O) groups excluding carboxylic acids is 2. The number of rotatable bonds is 5. The molecule has 0 bridgehead atoms. The maximum Gasteiger partial charge on any atom is 0.340 e. The van der Waals surface area contributed by atoms with Gasteiger partial charge in [0.15, 0.2) is 6.61 Å². The Bertz CT molecular complexity index is 670. The number of carbonyl (C=O) groups is 2. The number of amides is 1. The Labute approximate surface area is 137 Å². The van der Waals surface area contributed by atoms with Gasteiger partial charge in [0, 0.05) is 0 Å². The zero-order chi connectivity index (χ0) is 16.1. The molecular formula is C15H13Cl2NO4. The van der Waals surface area contributed by atoms with Gasteiger partial charge in [-0.2, -0.15) is 0 Å². The summed E-state index contributed by atoms with van der Waals surface area (Å²) >= 11 is 11.7. The summed E-state index contributed by atoms with van der Waals surface area (Å²) in [5, 5.41) is 2.98. The van der Waals surface area contributed by atoms with Crippen molar-refractivity contribution in [3.63, 3.8) is 0 Å². The van der Waals surface area contributed by atoms with Crippen molar-refractivity contribution in [2.24, 2.45) is 0 Å². The summed E-state index contributed by atoms with van der Waals surface area (Å²) in [5.41, 5.74) is 0.112. The average molecular weight is 342 g/mol. The van der Waals surface area contributed by atoms with E-state index in [-0.39, 0.29) is 21.7 Å². The van der Waals surface area contributed by atoms with Crippen molar-refractivity contribution in [3.05, 3.63) is 58.0 Å². The number of ether oxygens (including phenoxy) is 1. The van der Waals surface area contributed by atoms with Crippen LogP contribution in [0, 0.1) is 0 Å². The molecule has 0 saturated heterocycles. The molecule has 1 heterocycles. The number of hydrogen-bond acceptors (Lipinski definition) is 4. The van der Waals surface area contributed by atoms with Crippen LogP contribution in [0.2, 0.25) is 10.0 Å². The molecule has 1 aromatic heterocycles. The first-order valence-electron chi connectivity index (χ1n) is 6.43. The van der Waals surface area contributed by atoms with Crippen molar-refractivity contribution in [2.75, 3.05) is 6.61 Å². The fourth-order valence-electron chi connectivity index (χ4n) is 1.76. The van der Waals surface area contributed by atoms with Crippen molar-refractivity contribution in [1.82, 2.24) is 5.32 Å². The Balaban J connectivity index is 1.88. The second-order valence-electron chi connectivity index (χ2n) is 4.48. The lowest BCUT2D eigenvalue weighted by Gasteiger charge is -2.12. The molecular weight excluding hydrogens is 329 g/mol. The van der Waals surface area contributed by atoms with E-state index in [4.69, 9.17) is 32.4 Å². The molecule has 1 N–H and O–H groups in total. The fourth-order valence-corrected chi connectivity index (χ4v) is 2.14. The van der Waals surface area contributed by atoms with E-state index in [1.165, 1.54) is 12.3 Å². The number of esters is 1. The Morgan fingerprint density at radius 3 is 2.73 bits per heavy atom. The van der Waals surface area contributed by atoms with Gasteiger partial charge < -0.3 is 14.5 Å². The van der Waals surface area contributed by atoms with E-state index in [0.29, 0.717) is 5.76 Å². The molecule has 1 aromatic carbocycles. The van der Waals surface area contributed by atoms with Gasteiger partial charge in [0.25, 0.3) is 5.91 Å². The van der Waals surface area contributed by atoms with E-state index in [1.54, 1.807) is 31.2 Å². The van der Waals surface area contributed by atoms with E-state index in [1.807, 2.05) is 0 Å². The van der Waals surface area contributed by atoms with Crippen LogP contribution in [0.25, 0.3) is 0 Å². The number of furan rings is 1. The molecule has 0 aliphatic heterocycles. The van der Waals surface area contributed by atoms with Crippen molar-refractivity contribution < 1.29 is 18.7 Å². The van der Waals surface area contributed by atoms with Gasteiger partial charge in [-0.3, -0.25) is 4.79 Å². The van der Waals surface area contributed by atoms with Gasteiger partial charge in [-0.15, -0.1) is 0 Å². The zero-order valence-corrected chi connectivity index (χ0v) is 13.1. The molecule has 2 aromatic rings. The Kier molecular flexibility index (Phi) is 5.46. The second-order valence-corrected chi connectivity index (χ2v) is 5.27. The molecule has 116 valence electrons. The van der Waals surface area contributed by atoms with Crippen LogP contribution in [0.5, 0.6) is 0 Å². The van der Waals surface area contributed by atoms with Gasteiger partial charge >= 0.3 is 5.97 Å². The predicted molar refractivity (Wildman–Crippen MR) is 82.0 cm³/mol. The normalized spacial score (nSPS) is 11.8. The van der Waals surface area contributed by atoms with E-state index < -0.39 is 18.5 Å². The minimum atomic E-state index is -0.715. The minimum absolute atomic E-state index is 0.0959. The fraction of sp³-hybridized carbons (Fsp3) is 0.200. The van der Waals surface area contributed by atoms with Crippen LogP contribution < -0.4 is 5.32 Å². The number of benzene rings is 1. The second kappa shape index (κ2) is 7.33. The molecule has 1 amide bonds. The smallest absolute Gasteiger partial charge is 0.340 e. The average Bonchev–Trinajstić information content (AvgIpc) is 3.02. The van der Waals surface area contributed by atoms with Gasteiger partial charge in [-0.25, -0.2) is 4.79 Å². The van der Waals surface area contributed by atoms with Gasteiger partial charge in [0.05, 0.1) is 27.9 Å². The molecule has 0 aliphatic rings. The zero-order valence-electron chi connectivity index (χ0n) is 11.6.